The Kier molecular flexibility index (Phi) is 1.58. The molecule has 10 heavy (non-hydrogen) atoms. The van der Waals surface area contributed by atoms with Crippen molar-refractivity contribution in [1.29, 1.82) is 0 Å². The van der Waals surface area contributed by atoms with E-state index in [0.29, 0.717) is 12.6 Å². The minimum Gasteiger partial charge on any atom is -0.272 e. The first-order valence-corrected chi connectivity index (χ1v) is 4.40. The summed E-state index contributed by atoms with van der Waals surface area (Å²) in [6.07, 6.45) is 1.57. The van der Waals surface area contributed by atoms with Gasteiger partial charge < -0.3 is 0 Å². The summed E-state index contributed by atoms with van der Waals surface area (Å²) in [5.41, 5.74) is 0. The number of hydrogen-bond acceptors (Lipinski definition) is 3. The first kappa shape index (κ1) is 6.49. The van der Waals surface area contributed by atoms with Gasteiger partial charge in [0.2, 0.25) is 0 Å². The Labute approximate surface area is 63.7 Å². The third-order valence-corrected chi connectivity index (χ3v) is 2.88. The summed E-state index contributed by atoms with van der Waals surface area (Å²) in [5, 5.41) is 1.50. The van der Waals surface area contributed by atoms with Crippen LogP contribution in [0.5, 0.6) is 0 Å². The van der Waals surface area contributed by atoms with Crippen molar-refractivity contribution in [2.75, 3.05) is 18.1 Å². The van der Waals surface area contributed by atoms with Crippen LogP contribution in [0.15, 0.2) is 0 Å². The molecular formula is C6H8NO2S. The molecule has 2 aliphatic rings. The Morgan fingerprint density at radius 2 is 2.50 bits per heavy atom. The van der Waals surface area contributed by atoms with E-state index in [9.17, 15) is 4.79 Å². The van der Waals surface area contributed by atoms with Gasteiger partial charge in [0.1, 0.15) is 0 Å². The van der Waals surface area contributed by atoms with Crippen molar-refractivity contribution >= 4 is 17.7 Å². The molecule has 2 heterocycles. The Balaban J connectivity index is 1.96. The van der Waals surface area contributed by atoms with E-state index in [0.717, 1.165) is 11.5 Å². The van der Waals surface area contributed by atoms with Gasteiger partial charge in [0.15, 0.2) is 0 Å². The number of carbonyl (C=O) groups excluding carboxylic acids is 1. The van der Waals surface area contributed by atoms with Crippen LogP contribution >= 0.6 is 11.8 Å². The number of amides is 1. The van der Waals surface area contributed by atoms with Crippen LogP contribution in [0.1, 0.15) is 0 Å². The largest absolute Gasteiger partial charge is 0.272 e. The fourth-order valence-electron chi connectivity index (χ4n) is 0.986. The van der Waals surface area contributed by atoms with Crippen LogP contribution in [0.25, 0.3) is 0 Å². The Hall–Kier alpha value is -0.220. The molecule has 0 aromatic rings. The standard InChI is InChI=1S/C6H8NO2S/c8-6-1-2-9-7(6)5-3-10-4-5/h1,5H,2-4H2. The van der Waals surface area contributed by atoms with Gasteiger partial charge >= 0.3 is 0 Å². The van der Waals surface area contributed by atoms with E-state index in [1.807, 2.05) is 11.8 Å². The molecule has 0 spiro atoms. The summed E-state index contributed by atoms with van der Waals surface area (Å²) >= 11 is 1.85. The number of hydroxylamine groups is 2. The van der Waals surface area contributed by atoms with Crippen molar-refractivity contribution in [2.24, 2.45) is 0 Å². The van der Waals surface area contributed by atoms with Gasteiger partial charge in [-0.1, -0.05) is 0 Å². The van der Waals surface area contributed by atoms with Crippen molar-refractivity contribution < 1.29 is 9.63 Å². The second-order valence-corrected chi connectivity index (χ2v) is 3.43. The molecule has 0 unspecified atom stereocenters. The maximum Gasteiger partial charge on any atom is 0.252 e. The van der Waals surface area contributed by atoms with Gasteiger partial charge in [-0.15, -0.1) is 0 Å². The van der Waals surface area contributed by atoms with Crippen molar-refractivity contribution in [2.45, 2.75) is 6.04 Å². The predicted molar refractivity (Wildman–Crippen MR) is 38.2 cm³/mol. The van der Waals surface area contributed by atoms with E-state index in [1.165, 1.54) is 5.06 Å². The molecule has 0 bridgehead atoms. The van der Waals surface area contributed by atoms with Gasteiger partial charge in [-0.3, -0.25) is 9.63 Å². The normalized spacial score (nSPS) is 27.2. The highest BCUT2D eigenvalue weighted by molar-refractivity contribution is 8.00. The van der Waals surface area contributed by atoms with Crippen molar-refractivity contribution in [3.8, 4) is 0 Å². The molecule has 2 rings (SSSR count). The highest BCUT2D eigenvalue weighted by atomic mass is 32.2. The fraction of sp³-hybridized carbons (Fsp3) is 0.667. The molecule has 2 aliphatic heterocycles. The lowest BCUT2D eigenvalue weighted by atomic mass is 10.3. The van der Waals surface area contributed by atoms with Crippen molar-refractivity contribution in [1.82, 2.24) is 5.06 Å². The van der Waals surface area contributed by atoms with Gasteiger partial charge in [0.25, 0.3) is 5.91 Å². The molecule has 55 valence electrons. The van der Waals surface area contributed by atoms with Crippen molar-refractivity contribution in [3.63, 3.8) is 0 Å². The molecule has 1 radical (unpaired) electrons. The van der Waals surface area contributed by atoms with Crippen molar-refractivity contribution in [3.05, 3.63) is 6.42 Å². The van der Waals surface area contributed by atoms with Crippen LogP contribution in [-0.2, 0) is 9.63 Å². The average Bonchev–Trinajstić information content (AvgIpc) is 2.12. The summed E-state index contributed by atoms with van der Waals surface area (Å²) in [4.78, 5) is 16.0. The Bertz CT molecular complexity index is 158. The van der Waals surface area contributed by atoms with Gasteiger partial charge in [0.05, 0.1) is 19.1 Å². The molecule has 4 heteroatoms. The van der Waals surface area contributed by atoms with Crippen LogP contribution in [0.2, 0.25) is 0 Å². The van der Waals surface area contributed by atoms with E-state index in [-0.39, 0.29) is 5.91 Å². The van der Waals surface area contributed by atoms with E-state index >= 15 is 0 Å². The third-order valence-electron chi connectivity index (χ3n) is 1.64. The first-order chi connectivity index (χ1) is 4.88. The zero-order chi connectivity index (χ0) is 6.97. The zero-order valence-electron chi connectivity index (χ0n) is 5.45. The Morgan fingerprint density at radius 1 is 1.70 bits per heavy atom. The summed E-state index contributed by atoms with van der Waals surface area (Å²) in [5.74, 6) is 2.09. The average molecular weight is 158 g/mol. The Morgan fingerprint density at radius 3 is 2.90 bits per heavy atom. The van der Waals surface area contributed by atoms with Crippen LogP contribution in [-0.4, -0.2) is 35.1 Å². The fourth-order valence-corrected chi connectivity index (χ4v) is 1.70. The van der Waals surface area contributed by atoms with E-state index in [4.69, 9.17) is 4.84 Å². The maximum atomic E-state index is 10.9. The first-order valence-electron chi connectivity index (χ1n) is 3.25. The molecule has 0 aromatic heterocycles. The van der Waals surface area contributed by atoms with E-state index in [2.05, 4.69) is 0 Å². The lowest BCUT2D eigenvalue weighted by Crippen LogP contribution is -2.44. The number of rotatable bonds is 1. The van der Waals surface area contributed by atoms with Crippen LogP contribution < -0.4 is 0 Å². The monoisotopic (exact) mass is 158 g/mol. The molecule has 0 N–H and O–H groups in total. The summed E-state index contributed by atoms with van der Waals surface area (Å²) < 4.78 is 0. The smallest absolute Gasteiger partial charge is 0.252 e. The zero-order valence-corrected chi connectivity index (χ0v) is 6.26. The maximum absolute atomic E-state index is 10.9. The topological polar surface area (TPSA) is 29.5 Å². The quantitative estimate of drug-likeness (QED) is 0.541. The minimum absolute atomic E-state index is 0.0327. The van der Waals surface area contributed by atoms with Crippen LogP contribution in [0.4, 0.5) is 0 Å². The lowest BCUT2D eigenvalue weighted by Gasteiger charge is -2.31. The number of thioether (sulfide) groups is 1. The molecule has 0 aliphatic carbocycles. The summed E-state index contributed by atoms with van der Waals surface area (Å²) in [6, 6.07) is 0.344. The van der Waals surface area contributed by atoms with Gasteiger partial charge in [-0.25, -0.2) is 5.06 Å². The minimum atomic E-state index is 0.0327. The van der Waals surface area contributed by atoms with Crippen LogP contribution in [0.3, 0.4) is 0 Å². The number of hydrogen-bond donors (Lipinski definition) is 0. The third kappa shape index (κ3) is 0.914. The number of carbonyl (C=O) groups is 1. The second kappa shape index (κ2) is 2.43. The van der Waals surface area contributed by atoms with Crippen LogP contribution in [0, 0.1) is 6.42 Å². The second-order valence-electron chi connectivity index (χ2n) is 2.36. The van der Waals surface area contributed by atoms with Gasteiger partial charge in [-0.2, -0.15) is 11.8 Å². The summed E-state index contributed by atoms with van der Waals surface area (Å²) in [7, 11) is 0. The van der Waals surface area contributed by atoms with E-state index < -0.39 is 0 Å². The highest BCUT2D eigenvalue weighted by Gasteiger charge is 2.33. The SMILES string of the molecule is O=C1[CH]CON1C1CSC1. The predicted octanol–water partition coefficient (Wildman–Crippen LogP) is 0.0799. The molecule has 0 atom stereocenters. The summed E-state index contributed by atoms with van der Waals surface area (Å²) in [6.45, 7) is 0.458. The molecule has 2 saturated heterocycles. The van der Waals surface area contributed by atoms with Gasteiger partial charge in [-0.05, 0) is 0 Å². The molecule has 3 nitrogen and oxygen atoms in total. The molecule has 2 fully saturated rings. The van der Waals surface area contributed by atoms with Gasteiger partial charge in [0, 0.05) is 11.5 Å². The lowest BCUT2D eigenvalue weighted by molar-refractivity contribution is -0.170. The molecule has 0 saturated carbocycles. The highest BCUT2D eigenvalue weighted by Crippen LogP contribution is 2.25. The number of nitrogens with zero attached hydrogens (tertiary/aromatic N) is 1. The molecule has 0 aromatic carbocycles. The van der Waals surface area contributed by atoms with E-state index in [1.54, 1.807) is 6.42 Å². The molecular weight excluding hydrogens is 150 g/mol. The molecule has 1 amide bonds.